The number of Topliss-reactive ketones (excluding diaryl/α,β-unsaturated/α-hetero) is 1. The second kappa shape index (κ2) is 7.52. The fraction of sp³-hybridized carbons (Fsp3) is 0.333. The van der Waals surface area contributed by atoms with Crippen LogP contribution >= 0.6 is 0 Å². The van der Waals surface area contributed by atoms with Crippen LogP contribution in [0.15, 0.2) is 65.7 Å². The molecule has 0 unspecified atom stereocenters. The maximum atomic E-state index is 13.1. The zero-order chi connectivity index (χ0) is 20.6. The lowest BCUT2D eigenvalue weighted by atomic mass is 9.88. The largest absolute Gasteiger partial charge is 0.329 e. The van der Waals surface area contributed by atoms with Crippen LogP contribution in [0, 0.1) is 0 Å². The van der Waals surface area contributed by atoms with Gasteiger partial charge in [0.2, 0.25) is 5.95 Å². The summed E-state index contributed by atoms with van der Waals surface area (Å²) in [7, 11) is 0. The molecule has 0 N–H and O–H groups in total. The topological polar surface area (TPSA) is 68.1 Å². The van der Waals surface area contributed by atoms with Crippen LogP contribution in [0.5, 0.6) is 0 Å². The van der Waals surface area contributed by atoms with Gasteiger partial charge in [0.1, 0.15) is 0 Å². The van der Waals surface area contributed by atoms with Crippen LogP contribution in [0.25, 0.3) is 11.3 Å². The molecule has 1 fully saturated rings. The molecule has 5 rings (SSSR count). The minimum absolute atomic E-state index is 0.0545. The Morgan fingerprint density at radius 2 is 1.73 bits per heavy atom. The number of aromatic nitrogens is 3. The number of pyridine rings is 1. The molecule has 0 atom stereocenters. The van der Waals surface area contributed by atoms with E-state index < -0.39 is 0 Å². The molecule has 0 amide bonds. The molecule has 1 aliphatic heterocycles. The summed E-state index contributed by atoms with van der Waals surface area (Å²) in [6.07, 6.45) is 8.62. The summed E-state index contributed by atoms with van der Waals surface area (Å²) in [5.41, 5.74) is 2.00. The molecule has 2 aliphatic rings. The van der Waals surface area contributed by atoms with Gasteiger partial charge in [-0.25, -0.2) is 4.98 Å². The number of fused-ring (bicyclic) bond motifs is 1. The number of rotatable bonds is 4. The molecular formula is C24H24N4O2. The van der Waals surface area contributed by atoms with Crippen molar-refractivity contribution in [3.8, 4) is 11.3 Å². The first kappa shape index (κ1) is 18.7. The van der Waals surface area contributed by atoms with Crippen molar-refractivity contribution >= 4 is 11.7 Å². The maximum Gasteiger partial charge on any atom is 0.255 e. The van der Waals surface area contributed by atoms with Gasteiger partial charge in [0.05, 0.1) is 12.2 Å². The summed E-state index contributed by atoms with van der Waals surface area (Å²) in [6, 6.07) is 14.7. The Hall–Kier alpha value is -3.28. The Balaban J connectivity index is 1.61. The summed E-state index contributed by atoms with van der Waals surface area (Å²) in [5, 5.41) is 0. The molecule has 1 saturated carbocycles. The average molecular weight is 400 g/mol. The molecule has 3 heterocycles. The number of ketones is 1. The third-order valence-corrected chi connectivity index (χ3v) is 6.51. The predicted octanol–water partition coefficient (Wildman–Crippen LogP) is 3.71. The summed E-state index contributed by atoms with van der Waals surface area (Å²) in [4.78, 5) is 37.2. The normalized spacial score (nSPS) is 17.1. The summed E-state index contributed by atoms with van der Waals surface area (Å²) in [5.74, 6) is 0.672. The Kier molecular flexibility index (Phi) is 4.69. The van der Waals surface area contributed by atoms with Crippen LogP contribution in [0.3, 0.4) is 0 Å². The molecule has 152 valence electrons. The van der Waals surface area contributed by atoms with E-state index in [0.29, 0.717) is 23.8 Å². The lowest BCUT2D eigenvalue weighted by Gasteiger charge is -2.46. The highest BCUT2D eigenvalue weighted by atomic mass is 16.1. The average Bonchev–Trinajstić information content (AvgIpc) is 3.26. The van der Waals surface area contributed by atoms with E-state index >= 15 is 0 Å². The molecule has 1 spiro atoms. The molecule has 1 aliphatic carbocycles. The molecule has 6 heteroatoms. The van der Waals surface area contributed by atoms with Crippen LogP contribution in [-0.2, 0) is 6.54 Å². The number of carbonyl (C=O) groups is 1. The van der Waals surface area contributed by atoms with Crippen molar-refractivity contribution in [3.63, 3.8) is 0 Å². The first-order valence-corrected chi connectivity index (χ1v) is 10.5. The summed E-state index contributed by atoms with van der Waals surface area (Å²) >= 11 is 0. The van der Waals surface area contributed by atoms with Gasteiger partial charge in [0.15, 0.2) is 5.78 Å². The number of benzene rings is 1. The first-order valence-electron chi connectivity index (χ1n) is 10.5. The number of anilines is 1. The third-order valence-electron chi connectivity index (χ3n) is 6.51. The second-order valence-corrected chi connectivity index (χ2v) is 8.22. The van der Waals surface area contributed by atoms with Gasteiger partial charge in [-0.3, -0.25) is 19.1 Å². The van der Waals surface area contributed by atoms with Crippen LogP contribution in [-0.4, -0.2) is 32.4 Å². The Bertz CT molecular complexity index is 1120. The number of nitrogens with zero attached hydrogens (tertiary/aromatic N) is 4. The smallest absolute Gasteiger partial charge is 0.255 e. The lowest BCUT2D eigenvalue weighted by Crippen LogP contribution is -2.55. The standard InChI is InChI=1S/C24H24N4O2/c29-21(19-6-2-1-3-7-19)17-28-23-26-20(18-8-13-25-14-9-18)16-22(30)27(23)15-12-24(28)10-4-5-11-24/h1-3,6-9,13-14,16H,4-5,10-12,15,17H2. The minimum atomic E-state index is -0.0965. The molecule has 3 aromatic rings. The van der Waals surface area contributed by atoms with Crippen molar-refractivity contribution in [2.45, 2.75) is 44.2 Å². The highest BCUT2D eigenvalue weighted by Crippen LogP contribution is 2.43. The van der Waals surface area contributed by atoms with Gasteiger partial charge in [-0.15, -0.1) is 0 Å². The number of hydrogen-bond donors (Lipinski definition) is 0. The SMILES string of the molecule is O=C(CN1c2nc(-c3ccncc3)cc(=O)n2CCC12CCCC2)c1ccccc1. The van der Waals surface area contributed by atoms with Crippen LogP contribution in [0.4, 0.5) is 5.95 Å². The van der Waals surface area contributed by atoms with E-state index in [2.05, 4.69) is 9.88 Å². The number of carbonyl (C=O) groups excluding carboxylic acids is 1. The predicted molar refractivity (Wildman–Crippen MR) is 116 cm³/mol. The fourth-order valence-corrected chi connectivity index (χ4v) is 4.90. The first-order chi connectivity index (χ1) is 14.7. The van der Waals surface area contributed by atoms with Gasteiger partial charge in [-0.2, -0.15) is 0 Å². The maximum absolute atomic E-state index is 13.1. The van der Waals surface area contributed by atoms with Gasteiger partial charge in [-0.1, -0.05) is 43.2 Å². The monoisotopic (exact) mass is 400 g/mol. The molecule has 2 aromatic heterocycles. The quantitative estimate of drug-likeness (QED) is 0.625. The Morgan fingerprint density at radius 1 is 1.00 bits per heavy atom. The third kappa shape index (κ3) is 3.22. The van der Waals surface area contributed by atoms with E-state index in [4.69, 9.17) is 4.98 Å². The van der Waals surface area contributed by atoms with Gasteiger partial charge in [0, 0.05) is 41.7 Å². The Morgan fingerprint density at radius 3 is 2.47 bits per heavy atom. The van der Waals surface area contributed by atoms with Crippen molar-refractivity contribution in [1.82, 2.24) is 14.5 Å². The molecule has 30 heavy (non-hydrogen) atoms. The molecule has 0 saturated heterocycles. The molecular weight excluding hydrogens is 376 g/mol. The highest BCUT2D eigenvalue weighted by Gasteiger charge is 2.44. The van der Waals surface area contributed by atoms with E-state index in [1.54, 1.807) is 23.0 Å². The molecule has 0 radical (unpaired) electrons. The minimum Gasteiger partial charge on any atom is -0.329 e. The summed E-state index contributed by atoms with van der Waals surface area (Å²) < 4.78 is 1.73. The number of hydrogen-bond acceptors (Lipinski definition) is 5. The van der Waals surface area contributed by atoms with E-state index in [0.717, 1.165) is 37.7 Å². The fourth-order valence-electron chi connectivity index (χ4n) is 4.90. The van der Waals surface area contributed by atoms with Gasteiger partial charge >= 0.3 is 0 Å². The lowest BCUT2D eigenvalue weighted by molar-refractivity contribution is 0.0986. The van der Waals surface area contributed by atoms with Crippen molar-refractivity contribution in [2.75, 3.05) is 11.4 Å². The van der Waals surface area contributed by atoms with Gasteiger partial charge in [-0.05, 0) is 31.4 Å². The van der Waals surface area contributed by atoms with Crippen molar-refractivity contribution in [2.24, 2.45) is 0 Å². The van der Waals surface area contributed by atoms with Crippen molar-refractivity contribution in [3.05, 3.63) is 76.8 Å². The Labute approximate surface area is 175 Å². The van der Waals surface area contributed by atoms with Gasteiger partial charge in [0.25, 0.3) is 5.56 Å². The van der Waals surface area contributed by atoms with Gasteiger partial charge < -0.3 is 4.90 Å². The van der Waals surface area contributed by atoms with Crippen molar-refractivity contribution < 1.29 is 4.79 Å². The highest BCUT2D eigenvalue weighted by molar-refractivity contribution is 5.99. The zero-order valence-corrected chi connectivity index (χ0v) is 16.8. The van der Waals surface area contributed by atoms with E-state index in [1.165, 1.54) is 0 Å². The molecule has 1 aromatic carbocycles. The van der Waals surface area contributed by atoms with Crippen LogP contribution in [0.1, 0.15) is 42.5 Å². The van der Waals surface area contributed by atoms with Crippen LogP contribution < -0.4 is 10.5 Å². The summed E-state index contributed by atoms with van der Waals surface area (Å²) in [6.45, 7) is 0.879. The van der Waals surface area contributed by atoms with Crippen LogP contribution in [0.2, 0.25) is 0 Å². The molecule has 0 bridgehead atoms. The second-order valence-electron chi connectivity index (χ2n) is 8.22. The van der Waals surface area contributed by atoms with Crippen molar-refractivity contribution in [1.29, 1.82) is 0 Å². The molecule has 6 nitrogen and oxygen atoms in total. The van der Waals surface area contributed by atoms with E-state index in [-0.39, 0.29) is 23.4 Å². The zero-order valence-electron chi connectivity index (χ0n) is 16.8. The van der Waals surface area contributed by atoms with E-state index in [9.17, 15) is 9.59 Å². The van der Waals surface area contributed by atoms with E-state index in [1.807, 2.05) is 42.5 Å².